The van der Waals surface area contributed by atoms with E-state index in [2.05, 4.69) is 5.32 Å². The van der Waals surface area contributed by atoms with Crippen LogP contribution in [0.4, 0.5) is 9.18 Å². The smallest absolute Gasteiger partial charge is 0.317 e. The van der Waals surface area contributed by atoms with Crippen LogP contribution in [-0.4, -0.2) is 23.4 Å². The maximum atomic E-state index is 13.6. The molecule has 1 aliphatic heterocycles. The number of benzene rings is 1. The summed E-state index contributed by atoms with van der Waals surface area (Å²) in [5.41, 5.74) is 1.29. The fraction of sp³-hybridized carbons (Fsp3) is 0.429. The number of carbonyl (C=O) groups is 2. The number of hydrogen-bond donors (Lipinski definition) is 1. The van der Waals surface area contributed by atoms with Gasteiger partial charge in [-0.3, -0.25) is 10.1 Å². The molecule has 1 fully saturated rings. The summed E-state index contributed by atoms with van der Waals surface area (Å²) >= 11 is 0. The van der Waals surface area contributed by atoms with E-state index < -0.39 is 6.03 Å². The van der Waals surface area contributed by atoms with E-state index in [-0.39, 0.29) is 23.7 Å². The Morgan fingerprint density at radius 3 is 2.74 bits per heavy atom. The average Bonchev–Trinajstić information content (AvgIpc) is 2.36. The second kappa shape index (κ2) is 4.99. The predicted octanol–water partition coefficient (Wildman–Crippen LogP) is 2.38. The zero-order valence-electron chi connectivity index (χ0n) is 11.2. The van der Waals surface area contributed by atoms with E-state index >= 15 is 0 Å². The highest BCUT2D eigenvalue weighted by molar-refractivity contribution is 5.97. The molecule has 0 saturated carbocycles. The molecule has 2 rings (SSSR count). The Bertz CT molecular complexity index is 530. The van der Waals surface area contributed by atoms with Gasteiger partial charge in [-0.05, 0) is 31.0 Å². The van der Waals surface area contributed by atoms with Gasteiger partial charge >= 0.3 is 6.03 Å². The Morgan fingerprint density at radius 2 is 2.11 bits per heavy atom. The highest BCUT2D eigenvalue weighted by atomic mass is 19.1. The third-order valence-electron chi connectivity index (χ3n) is 3.55. The molecule has 102 valence electrons. The van der Waals surface area contributed by atoms with Gasteiger partial charge in [-0.2, -0.15) is 0 Å². The lowest BCUT2D eigenvalue weighted by Gasteiger charge is -2.35. The molecule has 1 N–H and O–H groups in total. The van der Waals surface area contributed by atoms with Crippen molar-refractivity contribution < 1.29 is 14.0 Å². The molecule has 19 heavy (non-hydrogen) atoms. The van der Waals surface area contributed by atoms with Crippen LogP contribution in [0.3, 0.4) is 0 Å². The number of nitrogens with one attached hydrogen (secondary N) is 1. The van der Waals surface area contributed by atoms with Crippen LogP contribution >= 0.6 is 0 Å². The van der Waals surface area contributed by atoms with E-state index in [1.807, 2.05) is 6.92 Å². The number of urea groups is 1. The third kappa shape index (κ3) is 2.59. The molecule has 1 aliphatic rings. The van der Waals surface area contributed by atoms with Gasteiger partial charge in [0.25, 0.3) is 0 Å². The van der Waals surface area contributed by atoms with Crippen LogP contribution in [0.15, 0.2) is 18.2 Å². The van der Waals surface area contributed by atoms with Crippen LogP contribution in [-0.2, 0) is 4.79 Å². The SMILES string of the molecule is Cc1ccc(C(C)N2CC(C)C(=O)NC2=O)cc1F. The largest absolute Gasteiger partial charge is 0.324 e. The van der Waals surface area contributed by atoms with E-state index in [0.29, 0.717) is 12.1 Å². The summed E-state index contributed by atoms with van der Waals surface area (Å²) in [4.78, 5) is 24.8. The number of rotatable bonds is 2. The number of carbonyl (C=O) groups excluding carboxylic acids is 2. The zero-order valence-corrected chi connectivity index (χ0v) is 11.2. The highest BCUT2D eigenvalue weighted by Gasteiger charge is 2.32. The van der Waals surface area contributed by atoms with Crippen molar-refractivity contribution in [3.05, 3.63) is 35.1 Å². The molecule has 0 radical (unpaired) electrons. The first kappa shape index (κ1) is 13.5. The van der Waals surface area contributed by atoms with Crippen LogP contribution in [0.1, 0.15) is 31.0 Å². The number of aryl methyl sites for hydroxylation is 1. The van der Waals surface area contributed by atoms with Crippen molar-refractivity contribution in [3.8, 4) is 0 Å². The van der Waals surface area contributed by atoms with Gasteiger partial charge < -0.3 is 4.90 Å². The molecule has 2 unspecified atom stereocenters. The van der Waals surface area contributed by atoms with Crippen LogP contribution in [0.5, 0.6) is 0 Å². The standard InChI is InChI=1S/C14H17FN2O2/c1-8-4-5-11(6-12(8)15)10(3)17-7-9(2)13(18)16-14(17)19/h4-6,9-10H,7H2,1-3H3,(H,16,18,19). The molecule has 5 heteroatoms. The molecule has 4 nitrogen and oxygen atoms in total. The molecular weight excluding hydrogens is 247 g/mol. The number of amides is 3. The second-order valence-corrected chi connectivity index (χ2v) is 5.03. The lowest BCUT2D eigenvalue weighted by molar-refractivity contribution is -0.125. The topological polar surface area (TPSA) is 49.4 Å². The monoisotopic (exact) mass is 264 g/mol. The number of halogens is 1. The van der Waals surface area contributed by atoms with Crippen molar-refractivity contribution in [1.29, 1.82) is 0 Å². The summed E-state index contributed by atoms with van der Waals surface area (Å²) in [5, 5.41) is 2.31. The number of hydrogen-bond acceptors (Lipinski definition) is 2. The van der Waals surface area contributed by atoms with Gasteiger partial charge in [0.15, 0.2) is 0 Å². The third-order valence-corrected chi connectivity index (χ3v) is 3.55. The van der Waals surface area contributed by atoms with E-state index in [0.717, 1.165) is 5.56 Å². The summed E-state index contributed by atoms with van der Waals surface area (Å²) in [5.74, 6) is -0.801. The minimum absolute atomic E-state index is 0.254. The molecular formula is C14H17FN2O2. The van der Waals surface area contributed by atoms with Gasteiger partial charge in [0.1, 0.15) is 5.82 Å². The van der Waals surface area contributed by atoms with Crippen molar-refractivity contribution in [3.63, 3.8) is 0 Å². The van der Waals surface area contributed by atoms with E-state index in [1.54, 1.807) is 30.9 Å². The van der Waals surface area contributed by atoms with Crippen molar-refractivity contribution in [1.82, 2.24) is 10.2 Å². The molecule has 0 bridgehead atoms. The van der Waals surface area contributed by atoms with Gasteiger partial charge in [-0.1, -0.05) is 19.1 Å². The van der Waals surface area contributed by atoms with Gasteiger partial charge in [0.2, 0.25) is 5.91 Å². The van der Waals surface area contributed by atoms with Gasteiger partial charge in [0, 0.05) is 6.54 Å². The van der Waals surface area contributed by atoms with Crippen LogP contribution in [0.25, 0.3) is 0 Å². The maximum absolute atomic E-state index is 13.6. The van der Waals surface area contributed by atoms with Crippen molar-refractivity contribution in [2.24, 2.45) is 5.92 Å². The molecule has 0 spiro atoms. The quantitative estimate of drug-likeness (QED) is 0.891. The van der Waals surface area contributed by atoms with Crippen LogP contribution in [0, 0.1) is 18.7 Å². The second-order valence-electron chi connectivity index (χ2n) is 5.03. The van der Waals surface area contributed by atoms with Crippen molar-refractivity contribution >= 4 is 11.9 Å². The summed E-state index contributed by atoms with van der Waals surface area (Å²) < 4.78 is 13.6. The fourth-order valence-electron chi connectivity index (χ4n) is 2.14. The highest BCUT2D eigenvalue weighted by Crippen LogP contribution is 2.25. The van der Waals surface area contributed by atoms with Gasteiger partial charge in [-0.15, -0.1) is 0 Å². The number of nitrogens with zero attached hydrogens (tertiary/aromatic N) is 1. The van der Waals surface area contributed by atoms with E-state index in [1.165, 1.54) is 6.07 Å². The lowest BCUT2D eigenvalue weighted by Crippen LogP contribution is -2.54. The number of imide groups is 1. The fourth-order valence-corrected chi connectivity index (χ4v) is 2.14. The van der Waals surface area contributed by atoms with Gasteiger partial charge in [-0.25, -0.2) is 9.18 Å². The van der Waals surface area contributed by atoms with E-state index in [9.17, 15) is 14.0 Å². The zero-order chi connectivity index (χ0) is 14.2. The summed E-state index contributed by atoms with van der Waals surface area (Å²) in [6.45, 7) is 5.63. The predicted molar refractivity (Wildman–Crippen MR) is 69.0 cm³/mol. The Kier molecular flexibility index (Phi) is 3.55. The van der Waals surface area contributed by atoms with Crippen LogP contribution < -0.4 is 5.32 Å². The summed E-state index contributed by atoms with van der Waals surface area (Å²) in [6, 6.07) is 4.24. The molecule has 1 aromatic carbocycles. The van der Waals surface area contributed by atoms with E-state index in [4.69, 9.17) is 0 Å². The first-order valence-electron chi connectivity index (χ1n) is 6.27. The van der Waals surface area contributed by atoms with Crippen molar-refractivity contribution in [2.45, 2.75) is 26.8 Å². The minimum atomic E-state index is -0.420. The molecule has 1 aromatic rings. The molecule has 2 atom stereocenters. The van der Waals surface area contributed by atoms with Gasteiger partial charge in [0.05, 0.1) is 12.0 Å². The molecule has 0 aromatic heterocycles. The van der Waals surface area contributed by atoms with Crippen LogP contribution in [0.2, 0.25) is 0 Å². The molecule has 0 aliphatic carbocycles. The Morgan fingerprint density at radius 1 is 1.42 bits per heavy atom. The van der Waals surface area contributed by atoms with Crippen molar-refractivity contribution in [2.75, 3.05) is 6.54 Å². The minimum Gasteiger partial charge on any atom is -0.317 e. The Balaban J connectivity index is 2.23. The Hall–Kier alpha value is -1.91. The first-order chi connectivity index (χ1) is 8.90. The first-order valence-corrected chi connectivity index (χ1v) is 6.27. The molecule has 1 heterocycles. The maximum Gasteiger partial charge on any atom is 0.324 e. The molecule has 3 amide bonds. The average molecular weight is 264 g/mol. The summed E-state index contributed by atoms with van der Waals surface area (Å²) in [6.07, 6.45) is 0. The lowest BCUT2D eigenvalue weighted by atomic mass is 10.0. The normalized spacial score (nSPS) is 21.3. The summed E-state index contributed by atoms with van der Waals surface area (Å²) in [7, 11) is 0. The Labute approximate surface area is 111 Å². The molecule has 1 saturated heterocycles.